The summed E-state index contributed by atoms with van der Waals surface area (Å²) in [5.74, 6) is 3.35. The zero-order chi connectivity index (χ0) is 14.8. The third-order valence-corrected chi connectivity index (χ3v) is 4.54. The maximum Gasteiger partial charge on any atom is 0.135 e. The lowest BCUT2D eigenvalue weighted by molar-refractivity contribution is -0.0481. The molecule has 3 rings (SSSR count). The number of hydrogen-bond acceptors (Lipinski definition) is 4. The van der Waals surface area contributed by atoms with Gasteiger partial charge in [-0.3, -0.25) is 0 Å². The molecule has 1 aliphatic carbocycles. The second-order valence-corrected chi connectivity index (χ2v) is 6.96. The molecular weight excluding hydrogens is 286 g/mol. The molecule has 0 bridgehead atoms. The minimum absolute atomic E-state index is 0.339. The van der Waals surface area contributed by atoms with E-state index in [1.807, 2.05) is 6.07 Å². The van der Waals surface area contributed by atoms with Crippen molar-refractivity contribution in [2.24, 2.45) is 11.8 Å². The van der Waals surface area contributed by atoms with Gasteiger partial charge in [0, 0.05) is 31.1 Å². The lowest BCUT2D eigenvalue weighted by Gasteiger charge is -2.34. The fourth-order valence-electron chi connectivity index (χ4n) is 3.11. The Labute approximate surface area is 131 Å². The molecule has 21 heavy (non-hydrogen) atoms. The van der Waals surface area contributed by atoms with Crippen molar-refractivity contribution < 1.29 is 4.74 Å². The number of hydrogen-bond donors (Lipinski definition) is 1. The van der Waals surface area contributed by atoms with Gasteiger partial charge in [-0.2, -0.15) is 0 Å². The van der Waals surface area contributed by atoms with E-state index < -0.39 is 0 Å². The minimum atomic E-state index is 0.339. The van der Waals surface area contributed by atoms with Gasteiger partial charge in [-0.15, -0.1) is 0 Å². The van der Waals surface area contributed by atoms with E-state index in [1.165, 1.54) is 19.3 Å². The van der Waals surface area contributed by atoms with Gasteiger partial charge in [0.15, 0.2) is 0 Å². The molecule has 1 aromatic heterocycles. The molecule has 0 radical (unpaired) electrons. The number of halogens is 1. The third kappa shape index (κ3) is 3.86. The van der Waals surface area contributed by atoms with Gasteiger partial charge in [0.25, 0.3) is 0 Å². The summed E-state index contributed by atoms with van der Waals surface area (Å²) < 4.78 is 5.94. The number of ether oxygens (including phenoxy) is 1. The molecule has 0 amide bonds. The predicted octanol–water partition coefficient (Wildman–Crippen LogP) is 3.87. The van der Waals surface area contributed by atoms with Crippen LogP contribution >= 0.6 is 11.6 Å². The standard InChI is InChI=1S/C16H24ClN3O/c1-10(2)15-12(4-3-7-21-15)9-18-14-8-13(17)19-16(20-14)11-5-6-11/h8,10-12,15H,3-7,9H2,1-2H3,(H,18,19,20). The maximum atomic E-state index is 6.11. The Balaban J connectivity index is 1.63. The quantitative estimate of drug-likeness (QED) is 0.839. The average molecular weight is 310 g/mol. The molecule has 1 aliphatic heterocycles. The molecule has 2 aliphatic rings. The number of nitrogens with zero attached hydrogens (tertiary/aromatic N) is 2. The molecule has 2 atom stereocenters. The lowest BCUT2D eigenvalue weighted by atomic mass is 9.87. The lowest BCUT2D eigenvalue weighted by Crippen LogP contribution is -2.37. The summed E-state index contributed by atoms with van der Waals surface area (Å²) in [6, 6.07) is 1.82. The fourth-order valence-corrected chi connectivity index (χ4v) is 3.30. The van der Waals surface area contributed by atoms with Crippen molar-refractivity contribution in [3.05, 3.63) is 17.0 Å². The van der Waals surface area contributed by atoms with Crippen molar-refractivity contribution in [3.63, 3.8) is 0 Å². The molecule has 1 saturated carbocycles. The molecule has 2 heterocycles. The van der Waals surface area contributed by atoms with Gasteiger partial charge in [0.2, 0.25) is 0 Å². The van der Waals surface area contributed by atoms with Crippen LogP contribution in [0.3, 0.4) is 0 Å². The predicted molar refractivity (Wildman–Crippen MR) is 84.8 cm³/mol. The van der Waals surface area contributed by atoms with E-state index in [-0.39, 0.29) is 0 Å². The van der Waals surface area contributed by atoms with Crippen molar-refractivity contribution in [1.29, 1.82) is 0 Å². The highest BCUT2D eigenvalue weighted by Gasteiger charge is 2.29. The maximum absolute atomic E-state index is 6.11. The molecule has 0 aromatic carbocycles. The van der Waals surface area contributed by atoms with Crippen LogP contribution in [0.25, 0.3) is 0 Å². The van der Waals surface area contributed by atoms with Crippen molar-refractivity contribution >= 4 is 17.4 Å². The van der Waals surface area contributed by atoms with E-state index in [0.29, 0.717) is 29.0 Å². The van der Waals surface area contributed by atoms with E-state index in [1.54, 1.807) is 0 Å². The highest BCUT2D eigenvalue weighted by molar-refractivity contribution is 6.29. The van der Waals surface area contributed by atoms with E-state index in [9.17, 15) is 0 Å². The summed E-state index contributed by atoms with van der Waals surface area (Å²) in [4.78, 5) is 8.93. The highest BCUT2D eigenvalue weighted by atomic mass is 35.5. The van der Waals surface area contributed by atoms with Gasteiger partial charge in [-0.05, 0) is 31.6 Å². The van der Waals surface area contributed by atoms with Crippen molar-refractivity contribution in [3.8, 4) is 0 Å². The first kappa shape index (κ1) is 15.0. The summed E-state index contributed by atoms with van der Waals surface area (Å²) in [5, 5.41) is 3.98. The first-order chi connectivity index (χ1) is 10.1. The Morgan fingerprint density at radius 3 is 2.86 bits per heavy atom. The van der Waals surface area contributed by atoms with Crippen LogP contribution in [0.15, 0.2) is 6.07 Å². The van der Waals surface area contributed by atoms with Crippen molar-refractivity contribution in [1.82, 2.24) is 9.97 Å². The van der Waals surface area contributed by atoms with Crippen LogP contribution in [0.5, 0.6) is 0 Å². The summed E-state index contributed by atoms with van der Waals surface area (Å²) >= 11 is 6.11. The minimum Gasteiger partial charge on any atom is -0.378 e. The number of rotatable bonds is 5. The largest absolute Gasteiger partial charge is 0.378 e. The zero-order valence-corrected chi connectivity index (χ0v) is 13.6. The van der Waals surface area contributed by atoms with Crippen LogP contribution in [0.2, 0.25) is 5.15 Å². The van der Waals surface area contributed by atoms with Gasteiger partial charge >= 0.3 is 0 Å². The summed E-state index contributed by atoms with van der Waals surface area (Å²) in [5.41, 5.74) is 0. The van der Waals surface area contributed by atoms with Crippen LogP contribution in [0.4, 0.5) is 5.82 Å². The van der Waals surface area contributed by atoms with Gasteiger partial charge in [0.05, 0.1) is 6.10 Å². The fraction of sp³-hybridized carbons (Fsp3) is 0.750. The van der Waals surface area contributed by atoms with Crippen LogP contribution in [-0.4, -0.2) is 29.2 Å². The highest BCUT2D eigenvalue weighted by Crippen LogP contribution is 2.38. The molecule has 1 aromatic rings. The van der Waals surface area contributed by atoms with Crippen LogP contribution < -0.4 is 5.32 Å². The van der Waals surface area contributed by atoms with Crippen LogP contribution in [0, 0.1) is 11.8 Å². The Kier molecular flexibility index (Phi) is 4.65. The Bertz CT molecular complexity index is 490. The Hall–Kier alpha value is -0.870. The zero-order valence-electron chi connectivity index (χ0n) is 12.8. The molecule has 1 N–H and O–H groups in total. The van der Waals surface area contributed by atoms with Crippen LogP contribution in [-0.2, 0) is 4.74 Å². The Morgan fingerprint density at radius 1 is 1.33 bits per heavy atom. The third-order valence-electron chi connectivity index (χ3n) is 4.35. The molecule has 1 saturated heterocycles. The molecule has 116 valence electrons. The summed E-state index contributed by atoms with van der Waals surface area (Å²) in [7, 11) is 0. The van der Waals surface area contributed by atoms with E-state index >= 15 is 0 Å². The smallest absolute Gasteiger partial charge is 0.135 e. The van der Waals surface area contributed by atoms with Gasteiger partial charge in [0.1, 0.15) is 16.8 Å². The SMILES string of the molecule is CC(C)C1OCCCC1CNc1cc(Cl)nc(C2CC2)n1. The second kappa shape index (κ2) is 6.49. The molecular formula is C16H24ClN3O. The summed E-state index contributed by atoms with van der Waals surface area (Å²) in [6.07, 6.45) is 5.07. The molecule has 5 heteroatoms. The topological polar surface area (TPSA) is 47.0 Å². The van der Waals surface area contributed by atoms with E-state index in [2.05, 4.69) is 29.1 Å². The average Bonchev–Trinajstić information content (AvgIpc) is 3.29. The summed E-state index contributed by atoms with van der Waals surface area (Å²) in [6.45, 7) is 6.25. The normalized spacial score (nSPS) is 26.1. The van der Waals surface area contributed by atoms with Crippen LogP contribution in [0.1, 0.15) is 51.3 Å². The van der Waals surface area contributed by atoms with Crippen molar-refractivity contribution in [2.75, 3.05) is 18.5 Å². The Morgan fingerprint density at radius 2 is 2.14 bits per heavy atom. The van der Waals surface area contributed by atoms with Gasteiger partial charge < -0.3 is 10.1 Å². The second-order valence-electron chi connectivity index (χ2n) is 6.57. The first-order valence-corrected chi connectivity index (χ1v) is 8.41. The van der Waals surface area contributed by atoms with Gasteiger partial charge in [-0.25, -0.2) is 9.97 Å². The van der Waals surface area contributed by atoms with Crippen molar-refractivity contribution in [2.45, 2.75) is 51.6 Å². The number of aromatic nitrogens is 2. The molecule has 4 nitrogen and oxygen atoms in total. The molecule has 2 fully saturated rings. The number of anilines is 1. The monoisotopic (exact) mass is 309 g/mol. The first-order valence-electron chi connectivity index (χ1n) is 8.03. The molecule has 2 unspecified atom stereocenters. The van der Waals surface area contributed by atoms with Gasteiger partial charge in [-0.1, -0.05) is 25.4 Å². The van der Waals surface area contributed by atoms with E-state index in [0.717, 1.165) is 31.2 Å². The molecule has 0 spiro atoms. The number of nitrogens with one attached hydrogen (secondary N) is 1. The van der Waals surface area contributed by atoms with E-state index in [4.69, 9.17) is 16.3 Å².